The molecular formula is C20H25N3O. The third-order valence-corrected chi connectivity index (χ3v) is 4.86. The molecule has 1 aliphatic rings. The van der Waals surface area contributed by atoms with Gasteiger partial charge in [-0.2, -0.15) is 0 Å². The van der Waals surface area contributed by atoms with E-state index in [2.05, 4.69) is 25.2 Å². The van der Waals surface area contributed by atoms with E-state index < -0.39 is 0 Å². The summed E-state index contributed by atoms with van der Waals surface area (Å²) in [5.74, 6) is 0.0790. The number of nitrogens with two attached hydrogens (primary N) is 1. The monoisotopic (exact) mass is 323 g/mol. The van der Waals surface area contributed by atoms with Gasteiger partial charge in [-0.1, -0.05) is 24.3 Å². The van der Waals surface area contributed by atoms with Gasteiger partial charge in [0, 0.05) is 24.8 Å². The highest BCUT2D eigenvalue weighted by atomic mass is 16.2. The molecule has 0 aliphatic carbocycles. The lowest BCUT2D eigenvalue weighted by molar-refractivity contribution is 0.0716. The number of carbonyl (C=O) groups excluding carboxylic acids is 1. The lowest BCUT2D eigenvalue weighted by atomic mass is 10.0. The summed E-state index contributed by atoms with van der Waals surface area (Å²) in [5.41, 5.74) is 11.0. The molecule has 0 bridgehead atoms. The first-order valence-corrected chi connectivity index (χ1v) is 8.53. The number of anilines is 2. The summed E-state index contributed by atoms with van der Waals surface area (Å²) < 4.78 is 0. The molecule has 1 amide bonds. The van der Waals surface area contributed by atoms with Crippen molar-refractivity contribution in [1.29, 1.82) is 0 Å². The lowest BCUT2D eigenvalue weighted by Crippen LogP contribution is -2.43. The molecule has 24 heavy (non-hydrogen) atoms. The van der Waals surface area contributed by atoms with Gasteiger partial charge in [0.15, 0.2) is 0 Å². The zero-order valence-corrected chi connectivity index (χ0v) is 14.4. The summed E-state index contributed by atoms with van der Waals surface area (Å²) in [6.07, 6.45) is 1.75. The number of carbonyl (C=O) groups is 1. The summed E-state index contributed by atoms with van der Waals surface area (Å²) in [4.78, 5) is 14.8. The van der Waals surface area contributed by atoms with Crippen molar-refractivity contribution in [1.82, 2.24) is 4.90 Å². The minimum atomic E-state index is 0.0790. The molecule has 1 aliphatic heterocycles. The van der Waals surface area contributed by atoms with Crippen molar-refractivity contribution in [3.05, 3.63) is 59.2 Å². The maximum absolute atomic E-state index is 12.9. The van der Waals surface area contributed by atoms with Crippen LogP contribution in [-0.4, -0.2) is 29.9 Å². The van der Waals surface area contributed by atoms with E-state index in [0.29, 0.717) is 5.56 Å². The van der Waals surface area contributed by atoms with Crippen LogP contribution in [0.4, 0.5) is 11.4 Å². The van der Waals surface area contributed by atoms with E-state index in [4.69, 9.17) is 5.73 Å². The molecule has 0 spiro atoms. The van der Waals surface area contributed by atoms with Crippen LogP contribution in [0.2, 0.25) is 0 Å². The molecule has 0 unspecified atom stereocenters. The van der Waals surface area contributed by atoms with E-state index in [1.807, 2.05) is 41.3 Å². The second kappa shape index (κ2) is 7.05. The smallest absolute Gasteiger partial charge is 0.255 e. The number of aryl methyl sites for hydroxylation is 1. The maximum atomic E-state index is 12.9. The predicted molar refractivity (Wildman–Crippen MR) is 98.8 cm³/mol. The Morgan fingerprint density at radius 2 is 1.71 bits per heavy atom. The number of rotatable bonds is 3. The van der Waals surface area contributed by atoms with Gasteiger partial charge in [0.25, 0.3) is 5.91 Å². The van der Waals surface area contributed by atoms with Crippen LogP contribution in [0.1, 0.15) is 34.3 Å². The van der Waals surface area contributed by atoms with E-state index in [1.165, 1.54) is 11.1 Å². The molecule has 1 heterocycles. The minimum absolute atomic E-state index is 0.0790. The number of nitrogens with zero attached hydrogens (tertiary/aromatic N) is 1. The van der Waals surface area contributed by atoms with E-state index in [9.17, 15) is 4.79 Å². The average molecular weight is 323 g/mol. The predicted octanol–water partition coefficient (Wildman–Crippen LogP) is 3.61. The number of nitrogens with one attached hydrogen (secondary N) is 1. The molecule has 1 fully saturated rings. The SMILES string of the molecule is Cc1cccc(Nc2ccccc2C(=O)N2CCC(N)CC2)c1C. The second-order valence-electron chi connectivity index (χ2n) is 6.55. The van der Waals surface area contributed by atoms with Gasteiger partial charge in [0.1, 0.15) is 0 Å². The Hall–Kier alpha value is -2.33. The molecule has 4 nitrogen and oxygen atoms in total. The van der Waals surface area contributed by atoms with Crippen molar-refractivity contribution in [2.24, 2.45) is 5.73 Å². The van der Waals surface area contributed by atoms with Crippen molar-refractivity contribution >= 4 is 17.3 Å². The van der Waals surface area contributed by atoms with Crippen LogP contribution >= 0.6 is 0 Å². The Labute approximate surface area is 143 Å². The molecule has 0 saturated carbocycles. The maximum Gasteiger partial charge on any atom is 0.255 e. The summed E-state index contributed by atoms with van der Waals surface area (Å²) in [5, 5.41) is 3.44. The van der Waals surface area contributed by atoms with Gasteiger partial charge in [-0.3, -0.25) is 4.79 Å². The highest BCUT2D eigenvalue weighted by Crippen LogP contribution is 2.26. The van der Waals surface area contributed by atoms with Gasteiger partial charge in [-0.15, -0.1) is 0 Å². The summed E-state index contributed by atoms with van der Waals surface area (Å²) in [6.45, 7) is 5.65. The number of benzene rings is 2. The number of para-hydroxylation sites is 1. The third kappa shape index (κ3) is 3.44. The lowest BCUT2D eigenvalue weighted by Gasteiger charge is -2.30. The minimum Gasteiger partial charge on any atom is -0.355 e. The van der Waals surface area contributed by atoms with Gasteiger partial charge >= 0.3 is 0 Å². The summed E-state index contributed by atoms with van der Waals surface area (Å²) >= 11 is 0. The fourth-order valence-electron chi connectivity index (χ4n) is 3.08. The zero-order chi connectivity index (χ0) is 17.1. The van der Waals surface area contributed by atoms with E-state index >= 15 is 0 Å². The molecular weight excluding hydrogens is 298 g/mol. The summed E-state index contributed by atoms with van der Waals surface area (Å²) in [7, 11) is 0. The van der Waals surface area contributed by atoms with Crippen LogP contribution in [0, 0.1) is 13.8 Å². The number of piperidine rings is 1. The number of amides is 1. The van der Waals surface area contributed by atoms with Gasteiger partial charge in [-0.05, 0) is 56.0 Å². The molecule has 3 rings (SSSR count). The summed E-state index contributed by atoms with van der Waals surface area (Å²) in [6, 6.07) is 14.1. The molecule has 1 saturated heterocycles. The first kappa shape index (κ1) is 16.5. The number of likely N-dealkylation sites (tertiary alicyclic amines) is 1. The molecule has 2 aromatic carbocycles. The van der Waals surface area contributed by atoms with E-state index in [0.717, 1.165) is 37.3 Å². The quantitative estimate of drug-likeness (QED) is 0.907. The molecule has 3 N–H and O–H groups in total. The van der Waals surface area contributed by atoms with Gasteiger partial charge in [0.05, 0.1) is 11.3 Å². The molecule has 0 radical (unpaired) electrons. The van der Waals surface area contributed by atoms with Crippen molar-refractivity contribution in [3.63, 3.8) is 0 Å². The first-order chi connectivity index (χ1) is 11.6. The molecule has 126 valence electrons. The molecule has 0 aromatic heterocycles. The fraction of sp³-hybridized carbons (Fsp3) is 0.350. The van der Waals surface area contributed by atoms with Crippen molar-refractivity contribution in [3.8, 4) is 0 Å². The highest BCUT2D eigenvalue weighted by Gasteiger charge is 2.23. The Kier molecular flexibility index (Phi) is 4.86. The van der Waals surface area contributed by atoms with Gasteiger partial charge in [-0.25, -0.2) is 0 Å². The normalized spacial score (nSPS) is 15.4. The molecule has 2 aromatic rings. The van der Waals surface area contributed by atoms with Crippen molar-refractivity contribution in [2.75, 3.05) is 18.4 Å². The largest absolute Gasteiger partial charge is 0.355 e. The van der Waals surface area contributed by atoms with Gasteiger partial charge < -0.3 is 16.0 Å². The van der Waals surface area contributed by atoms with E-state index in [-0.39, 0.29) is 11.9 Å². The van der Waals surface area contributed by atoms with Crippen LogP contribution in [0.3, 0.4) is 0 Å². The third-order valence-electron chi connectivity index (χ3n) is 4.86. The van der Waals surface area contributed by atoms with E-state index in [1.54, 1.807) is 0 Å². The topological polar surface area (TPSA) is 58.4 Å². The standard InChI is InChI=1S/C20H25N3O/c1-14-6-5-9-18(15(14)2)22-19-8-4-3-7-17(19)20(24)23-12-10-16(21)11-13-23/h3-9,16,22H,10-13,21H2,1-2H3. The van der Waals surface area contributed by atoms with Crippen LogP contribution in [0.25, 0.3) is 0 Å². The number of hydrogen-bond donors (Lipinski definition) is 2. The van der Waals surface area contributed by atoms with Crippen LogP contribution < -0.4 is 11.1 Å². The van der Waals surface area contributed by atoms with Crippen LogP contribution in [-0.2, 0) is 0 Å². The Bertz CT molecular complexity index is 733. The van der Waals surface area contributed by atoms with Gasteiger partial charge in [0.2, 0.25) is 0 Å². The highest BCUT2D eigenvalue weighted by molar-refractivity contribution is 6.00. The zero-order valence-electron chi connectivity index (χ0n) is 14.4. The Balaban J connectivity index is 1.85. The van der Waals surface area contributed by atoms with Crippen LogP contribution in [0.5, 0.6) is 0 Å². The molecule has 0 atom stereocenters. The second-order valence-corrected chi connectivity index (χ2v) is 6.55. The molecule has 4 heteroatoms. The van der Waals surface area contributed by atoms with Crippen molar-refractivity contribution in [2.45, 2.75) is 32.7 Å². The van der Waals surface area contributed by atoms with Crippen molar-refractivity contribution < 1.29 is 4.79 Å². The Morgan fingerprint density at radius 1 is 1.04 bits per heavy atom. The fourth-order valence-corrected chi connectivity index (χ4v) is 3.08. The Morgan fingerprint density at radius 3 is 2.46 bits per heavy atom. The number of hydrogen-bond acceptors (Lipinski definition) is 3. The average Bonchev–Trinajstić information content (AvgIpc) is 2.59. The first-order valence-electron chi connectivity index (χ1n) is 8.53. The van der Waals surface area contributed by atoms with Crippen LogP contribution in [0.15, 0.2) is 42.5 Å².